The molecule has 0 aliphatic carbocycles. The zero-order valence-electron chi connectivity index (χ0n) is 15.5. The maximum absolute atomic E-state index is 14.0. The topological polar surface area (TPSA) is 49.8 Å². The van der Waals surface area contributed by atoms with E-state index in [1.807, 2.05) is 0 Å². The van der Waals surface area contributed by atoms with Crippen LogP contribution in [0.1, 0.15) is 36.0 Å². The van der Waals surface area contributed by atoms with Gasteiger partial charge < -0.3 is 14.7 Å². The SMILES string of the molecule is O=C(c1ccc(-c2cccc(F)c2F)cc1)N1CCC2(CC1)OCCC[C@@H]2O. The number of piperidine rings is 1. The van der Waals surface area contributed by atoms with Crippen molar-refractivity contribution in [2.75, 3.05) is 19.7 Å². The number of rotatable bonds is 2. The average molecular weight is 387 g/mol. The first kappa shape index (κ1) is 19.0. The third-order valence-electron chi connectivity index (χ3n) is 5.91. The molecule has 2 heterocycles. The molecule has 0 radical (unpaired) electrons. The van der Waals surface area contributed by atoms with Crippen LogP contribution in [-0.2, 0) is 4.74 Å². The third-order valence-corrected chi connectivity index (χ3v) is 5.91. The van der Waals surface area contributed by atoms with E-state index < -0.39 is 23.3 Å². The van der Waals surface area contributed by atoms with Crippen molar-refractivity contribution in [2.24, 2.45) is 0 Å². The third kappa shape index (κ3) is 3.42. The summed E-state index contributed by atoms with van der Waals surface area (Å²) in [4.78, 5) is 14.6. The first-order chi connectivity index (χ1) is 13.5. The lowest BCUT2D eigenvalue weighted by atomic mass is 9.82. The summed E-state index contributed by atoms with van der Waals surface area (Å²) in [5.41, 5.74) is 0.669. The monoisotopic (exact) mass is 387 g/mol. The van der Waals surface area contributed by atoms with Crippen LogP contribution in [0.3, 0.4) is 0 Å². The number of aliphatic hydroxyl groups excluding tert-OH is 1. The minimum atomic E-state index is -0.896. The van der Waals surface area contributed by atoms with E-state index in [1.165, 1.54) is 12.1 Å². The summed E-state index contributed by atoms with van der Waals surface area (Å²) in [6.45, 7) is 1.70. The van der Waals surface area contributed by atoms with E-state index in [2.05, 4.69) is 0 Å². The minimum absolute atomic E-state index is 0.105. The second-order valence-electron chi connectivity index (χ2n) is 7.54. The maximum Gasteiger partial charge on any atom is 0.253 e. The van der Waals surface area contributed by atoms with Crippen LogP contribution in [0.15, 0.2) is 42.5 Å². The molecule has 2 aromatic rings. The molecular formula is C22H23F2NO3. The second-order valence-corrected chi connectivity index (χ2v) is 7.54. The fourth-order valence-electron chi connectivity index (χ4n) is 4.18. The molecule has 0 bridgehead atoms. The van der Waals surface area contributed by atoms with Crippen molar-refractivity contribution in [2.45, 2.75) is 37.4 Å². The van der Waals surface area contributed by atoms with Gasteiger partial charge in [0.05, 0.1) is 11.7 Å². The van der Waals surface area contributed by atoms with Gasteiger partial charge in [0.15, 0.2) is 11.6 Å². The van der Waals surface area contributed by atoms with Gasteiger partial charge in [-0.15, -0.1) is 0 Å². The van der Waals surface area contributed by atoms with Gasteiger partial charge in [0.1, 0.15) is 0 Å². The first-order valence-electron chi connectivity index (χ1n) is 9.66. The summed E-state index contributed by atoms with van der Waals surface area (Å²) in [5.74, 6) is -1.90. The van der Waals surface area contributed by atoms with E-state index in [1.54, 1.807) is 29.2 Å². The number of carbonyl (C=O) groups is 1. The number of benzene rings is 2. The zero-order valence-corrected chi connectivity index (χ0v) is 15.5. The van der Waals surface area contributed by atoms with Crippen molar-refractivity contribution in [1.82, 2.24) is 4.90 Å². The molecule has 0 unspecified atom stereocenters. The molecule has 0 aromatic heterocycles. The number of likely N-dealkylation sites (tertiary alicyclic amines) is 1. The second kappa shape index (κ2) is 7.60. The van der Waals surface area contributed by atoms with Crippen LogP contribution in [0.25, 0.3) is 11.1 Å². The van der Waals surface area contributed by atoms with E-state index in [0.717, 1.165) is 18.9 Å². The van der Waals surface area contributed by atoms with Crippen LogP contribution in [0.2, 0.25) is 0 Å². The van der Waals surface area contributed by atoms with Crippen molar-refractivity contribution >= 4 is 5.91 Å². The quantitative estimate of drug-likeness (QED) is 0.853. The van der Waals surface area contributed by atoms with Gasteiger partial charge in [0.25, 0.3) is 5.91 Å². The van der Waals surface area contributed by atoms with Crippen molar-refractivity contribution in [1.29, 1.82) is 0 Å². The molecule has 28 heavy (non-hydrogen) atoms. The average Bonchev–Trinajstić information content (AvgIpc) is 2.73. The maximum atomic E-state index is 14.0. The van der Waals surface area contributed by atoms with Gasteiger partial charge in [-0.05, 0) is 49.4 Å². The van der Waals surface area contributed by atoms with Gasteiger partial charge in [-0.25, -0.2) is 8.78 Å². The van der Waals surface area contributed by atoms with E-state index >= 15 is 0 Å². The molecule has 2 aliphatic heterocycles. The number of nitrogens with zero attached hydrogens (tertiary/aromatic N) is 1. The summed E-state index contributed by atoms with van der Waals surface area (Å²) in [5, 5.41) is 10.3. The predicted molar refractivity (Wildman–Crippen MR) is 101 cm³/mol. The number of hydrogen-bond acceptors (Lipinski definition) is 3. The number of aliphatic hydroxyl groups is 1. The normalized spacial score (nSPS) is 21.7. The van der Waals surface area contributed by atoms with Crippen LogP contribution in [-0.4, -0.2) is 47.3 Å². The van der Waals surface area contributed by atoms with Crippen molar-refractivity contribution in [3.63, 3.8) is 0 Å². The Labute approximate surface area is 162 Å². The van der Waals surface area contributed by atoms with Crippen molar-refractivity contribution in [3.05, 3.63) is 59.7 Å². The van der Waals surface area contributed by atoms with Gasteiger partial charge in [0, 0.05) is 30.8 Å². The number of halogens is 2. The molecule has 2 aliphatic rings. The van der Waals surface area contributed by atoms with Gasteiger partial charge >= 0.3 is 0 Å². The summed E-state index contributed by atoms with van der Waals surface area (Å²) in [6, 6.07) is 10.6. The Bertz CT molecular complexity index is 861. The van der Waals surface area contributed by atoms with E-state index in [0.29, 0.717) is 43.7 Å². The highest BCUT2D eigenvalue weighted by Crippen LogP contribution is 2.35. The minimum Gasteiger partial charge on any atom is -0.390 e. The fraction of sp³-hybridized carbons (Fsp3) is 0.409. The Balaban J connectivity index is 1.45. The van der Waals surface area contributed by atoms with Crippen LogP contribution in [0.5, 0.6) is 0 Å². The Hall–Kier alpha value is -2.31. The lowest BCUT2D eigenvalue weighted by Gasteiger charge is -2.46. The van der Waals surface area contributed by atoms with Crippen molar-refractivity contribution in [3.8, 4) is 11.1 Å². The van der Waals surface area contributed by atoms with E-state index in [4.69, 9.17) is 4.74 Å². The van der Waals surface area contributed by atoms with Crippen LogP contribution >= 0.6 is 0 Å². The molecule has 2 aromatic carbocycles. The fourth-order valence-corrected chi connectivity index (χ4v) is 4.18. The van der Waals surface area contributed by atoms with Crippen LogP contribution in [0.4, 0.5) is 8.78 Å². The summed E-state index contributed by atoms with van der Waals surface area (Å²) < 4.78 is 33.3. The van der Waals surface area contributed by atoms with Gasteiger partial charge in [-0.3, -0.25) is 4.79 Å². The molecule has 1 spiro atoms. The number of hydrogen-bond donors (Lipinski definition) is 1. The highest BCUT2D eigenvalue weighted by atomic mass is 19.2. The number of amides is 1. The Morgan fingerprint density at radius 1 is 1.11 bits per heavy atom. The molecular weight excluding hydrogens is 364 g/mol. The predicted octanol–water partition coefficient (Wildman–Crippen LogP) is 3.78. The molecule has 6 heteroatoms. The van der Waals surface area contributed by atoms with Crippen LogP contribution in [0, 0.1) is 11.6 Å². The summed E-state index contributed by atoms with van der Waals surface area (Å²) in [6.07, 6.45) is 2.37. The lowest BCUT2D eigenvalue weighted by molar-refractivity contribution is -0.174. The van der Waals surface area contributed by atoms with Crippen molar-refractivity contribution < 1.29 is 23.4 Å². The standard InChI is InChI=1S/C22H23F2NO3/c23-18-4-1-3-17(20(18)24)15-6-8-16(9-7-15)21(27)25-12-10-22(11-13-25)19(26)5-2-14-28-22/h1,3-4,6-9,19,26H,2,5,10-14H2/t19-/m0/s1. The Morgan fingerprint density at radius 2 is 1.82 bits per heavy atom. The highest BCUT2D eigenvalue weighted by molar-refractivity contribution is 5.94. The number of carbonyl (C=O) groups excluding carboxylic acids is 1. The molecule has 4 nitrogen and oxygen atoms in total. The molecule has 4 rings (SSSR count). The molecule has 148 valence electrons. The van der Waals surface area contributed by atoms with Gasteiger partial charge in [-0.1, -0.05) is 24.3 Å². The van der Waals surface area contributed by atoms with E-state index in [9.17, 15) is 18.7 Å². The number of ether oxygens (including phenoxy) is 1. The Morgan fingerprint density at radius 3 is 2.50 bits per heavy atom. The Kier molecular flexibility index (Phi) is 5.17. The smallest absolute Gasteiger partial charge is 0.253 e. The molecule has 2 fully saturated rings. The van der Waals surface area contributed by atoms with E-state index in [-0.39, 0.29) is 11.5 Å². The highest BCUT2D eigenvalue weighted by Gasteiger charge is 2.44. The molecule has 1 amide bonds. The molecule has 1 N–H and O–H groups in total. The zero-order chi connectivity index (χ0) is 19.7. The van der Waals surface area contributed by atoms with Crippen LogP contribution < -0.4 is 0 Å². The lowest BCUT2D eigenvalue weighted by Crippen LogP contribution is -2.56. The summed E-state index contributed by atoms with van der Waals surface area (Å²) >= 11 is 0. The molecule has 2 saturated heterocycles. The summed E-state index contributed by atoms with van der Waals surface area (Å²) in [7, 11) is 0. The van der Waals surface area contributed by atoms with Gasteiger partial charge in [-0.2, -0.15) is 0 Å². The molecule has 1 atom stereocenters. The largest absolute Gasteiger partial charge is 0.390 e. The van der Waals surface area contributed by atoms with Gasteiger partial charge in [0.2, 0.25) is 0 Å². The molecule has 0 saturated carbocycles. The first-order valence-corrected chi connectivity index (χ1v) is 9.66.